The van der Waals surface area contributed by atoms with Crippen LogP contribution in [0.15, 0.2) is 30.5 Å². The minimum absolute atomic E-state index is 0.494. The first kappa shape index (κ1) is 21.5. The first-order valence-electron chi connectivity index (χ1n) is 9.59. The molecule has 0 fully saturated rings. The van der Waals surface area contributed by atoms with Gasteiger partial charge in [0.05, 0.1) is 52.4 Å². The minimum Gasteiger partial charge on any atom is -0.378 e. The van der Waals surface area contributed by atoms with E-state index in [1.807, 2.05) is 6.20 Å². The van der Waals surface area contributed by atoms with Crippen molar-refractivity contribution in [2.24, 2.45) is 0 Å². The number of benzene rings is 1. The van der Waals surface area contributed by atoms with Crippen LogP contribution in [0, 0.1) is 6.92 Å². The van der Waals surface area contributed by atoms with E-state index >= 15 is 0 Å². The number of ether oxygens (including phenoxy) is 3. The van der Waals surface area contributed by atoms with Gasteiger partial charge in [0, 0.05) is 18.2 Å². The second-order valence-corrected chi connectivity index (χ2v) is 6.68. The van der Waals surface area contributed by atoms with Crippen LogP contribution in [0.5, 0.6) is 0 Å². The third kappa shape index (κ3) is 9.10. The molecule has 0 saturated carbocycles. The molecule has 1 aromatic heterocycles. The lowest BCUT2D eigenvalue weighted by atomic mass is 10.1. The predicted molar refractivity (Wildman–Crippen MR) is 106 cm³/mol. The van der Waals surface area contributed by atoms with Crippen LogP contribution in [0.25, 0.3) is 11.3 Å². The highest BCUT2D eigenvalue weighted by atomic mass is 16.5. The maximum atomic E-state index is 5.58. The smallest absolute Gasteiger partial charge is 0.113 e. The Morgan fingerprint density at radius 2 is 1.56 bits per heavy atom. The van der Waals surface area contributed by atoms with Crippen molar-refractivity contribution < 1.29 is 14.2 Å². The van der Waals surface area contributed by atoms with Gasteiger partial charge in [-0.25, -0.2) is 4.68 Å². The highest BCUT2D eigenvalue weighted by molar-refractivity contribution is 5.57. The van der Waals surface area contributed by atoms with Crippen molar-refractivity contribution >= 4 is 0 Å². The average Bonchev–Trinajstić information content (AvgIpc) is 3.12. The van der Waals surface area contributed by atoms with Gasteiger partial charge in [-0.05, 0) is 6.92 Å². The van der Waals surface area contributed by atoms with Crippen LogP contribution in [0.2, 0.25) is 0 Å². The van der Waals surface area contributed by atoms with Crippen LogP contribution in [-0.2, 0) is 20.8 Å². The Kier molecular flexibility index (Phi) is 10.0. The molecule has 0 amide bonds. The monoisotopic (exact) mass is 376 g/mol. The van der Waals surface area contributed by atoms with Crippen molar-refractivity contribution in [1.29, 1.82) is 0 Å². The van der Waals surface area contributed by atoms with E-state index in [1.165, 1.54) is 5.56 Å². The Hall–Kier alpha value is -1.80. The molecular formula is C20H32N4O3. The van der Waals surface area contributed by atoms with Gasteiger partial charge in [-0.1, -0.05) is 48.9 Å². The Bertz CT molecular complexity index is 628. The van der Waals surface area contributed by atoms with Gasteiger partial charge in [-0.15, -0.1) is 5.10 Å². The summed E-state index contributed by atoms with van der Waals surface area (Å²) in [6.45, 7) is 11.5. The predicted octanol–water partition coefficient (Wildman–Crippen LogP) is 2.30. The topological polar surface area (TPSA) is 70.4 Å². The number of nitrogens with one attached hydrogen (secondary N) is 1. The van der Waals surface area contributed by atoms with Gasteiger partial charge >= 0.3 is 0 Å². The highest BCUT2D eigenvalue weighted by Crippen LogP contribution is 2.16. The third-order valence-electron chi connectivity index (χ3n) is 3.89. The van der Waals surface area contributed by atoms with Crippen molar-refractivity contribution in [1.82, 2.24) is 20.3 Å². The van der Waals surface area contributed by atoms with Crippen LogP contribution in [0.3, 0.4) is 0 Å². The fraction of sp³-hybridized carbons (Fsp3) is 0.600. The van der Waals surface area contributed by atoms with Crippen molar-refractivity contribution in [2.75, 3.05) is 46.2 Å². The second-order valence-electron chi connectivity index (χ2n) is 6.68. The van der Waals surface area contributed by atoms with Crippen molar-refractivity contribution in [3.05, 3.63) is 36.0 Å². The summed E-state index contributed by atoms with van der Waals surface area (Å²) < 4.78 is 18.3. The maximum Gasteiger partial charge on any atom is 0.113 e. The van der Waals surface area contributed by atoms with Crippen molar-refractivity contribution in [2.45, 2.75) is 33.4 Å². The SMILES string of the molecule is Cc1ccc(-c2cn(CCOCCOCCOCCNC(C)C)nn2)cc1. The molecule has 150 valence electrons. The van der Waals surface area contributed by atoms with E-state index in [1.54, 1.807) is 4.68 Å². The molecule has 1 N–H and O–H groups in total. The molecule has 1 heterocycles. The molecule has 0 saturated heterocycles. The number of hydrogen-bond acceptors (Lipinski definition) is 6. The number of aryl methyl sites for hydroxylation is 1. The van der Waals surface area contributed by atoms with E-state index in [4.69, 9.17) is 14.2 Å². The largest absolute Gasteiger partial charge is 0.378 e. The molecule has 27 heavy (non-hydrogen) atoms. The van der Waals surface area contributed by atoms with Gasteiger partial charge < -0.3 is 19.5 Å². The van der Waals surface area contributed by atoms with Gasteiger partial charge in [0.2, 0.25) is 0 Å². The van der Waals surface area contributed by atoms with Crippen LogP contribution in [-0.4, -0.2) is 67.2 Å². The zero-order chi connectivity index (χ0) is 19.3. The van der Waals surface area contributed by atoms with E-state index in [2.05, 4.69) is 60.7 Å². The van der Waals surface area contributed by atoms with Gasteiger partial charge in [-0.2, -0.15) is 0 Å². The summed E-state index contributed by atoms with van der Waals surface area (Å²) in [5.41, 5.74) is 3.18. The number of rotatable bonds is 14. The lowest BCUT2D eigenvalue weighted by molar-refractivity contribution is 0.0131. The normalized spacial score (nSPS) is 11.4. The van der Waals surface area contributed by atoms with Gasteiger partial charge in [0.15, 0.2) is 0 Å². The molecule has 0 aliphatic heterocycles. The standard InChI is InChI=1S/C20H32N4O3/c1-17(2)21-8-10-25-12-14-27-15-13-26-11-9-24-16-20(22-23-24)19-6-4-18(3)5-7-19/h4-7,16-17,21H,8-15H2,1-3H3. The van der Waals surface area contributed by atoms with Crippen LogP contribution in [0.4, 0.5) is 0 Å². The van der Waals surface area contributed by atoms with Crippen LogP contribution in [0.1, 0.15) is 19.4 Å². The van der Waals surface area contributed by atoms with Crippen LogP contribution >= 0.6 is 0 Å². The molecule has 7 heteroatoms. The summed E-state index contributed by atoms with van der Waals surface area (Å²) in [4.78, 5) is 0. The molecule has 0 aliphatic rings. The molecule has 0 aliphatic carbocycles. The number of nitrogens with zero attached hydrogens (tertiary/aromatic N) is 3. The fourth-order valence-corrected chi connectivity index (χ4v) is 2.38. The quantitative estimate of drug-likeness (QED) is 0.510. The molecule has 1 aromatic carbocycles. The molecule has 0 unspecified atom stereocenters. The molecule has 0 bridgehead atoms. The lowest BCUT2D eigenvalue weighted by Crippen LogP contribution is -2.27. The molecule has 2 rings (SSSR count). The summed E-state index contributed by atoms with van der Waals surface area (Å²) in [7, 11) is 0. The highest BCUT2D eigenvalue weighted by Gasteiger charge is 2.03. The summed E-state index contributed by atoms with van der Waals surface area (Å²) in [6, 6.07) is 8.76. The Labute approximate surface area is 162 Å². The first-order valence-corrected chi connectivity index (χ1v) is 9.59. The molecule has 7 nitrogen and oxygen atoms in total. The summed E-state index contributed by atoms with van der Waals surface area (Å²) in [6.07, 6.45) is 1.94. The number of hydrogen-bond donors (Lipinski definition) is 1. The fourth-order valence-electron chi connectivity index (χ4n) is 2.38. The molecule has 2 aromatic rings. The van der Waals surface area contributed by atoms with Gasteiger partial charge in [-0.3, -0.25) is 0 Å². The first-order chi connectivity index (χ1) is 13.1. The van der Waals surface area contributed by atoms with E-state index in [-0.39, 0.29) is 0 Å². The van der Waals surface area contributed by atoms with E-state index in [0.29, 0.717) is 52.2 Å². The summed E-state index contributed by atoms with van der Waals surface area (Å²) >= 11 is 0. The van der Waals surface area contributed by atoms with Crippen LogP contribution < -0.4 is 5.32 Å². The van der Waals surface area contributed by atoms with Crippen molar-refractivity contribution in [3.8, 4) is 11.3 Å². The van der Waals surface area contributed by atoms with Gasteiger partial charge in [0.25, 0.3) is 0 Å². The zero-order valence-electron chi connectivity index (χ0n) is 16.7. The van der Waals surface area contributed by atoms with E-state index in [0.717, 1.165) is 17.8 Å². The summed E-state index contributed by atoms with van der Waals surface area (Å²) in [5.74, 6) is 0. The van der Waals surface area contributed by atoms with Crippen molar-refractivity contribution in [3.63, 3.8) is 0 Å². The molecular weight excluding hydrogens is 344 g/mol. The molecule has 0 spiro atoms. The lowest BCUT2D eigenvalue weighted by Gasteiger charge is -2.09. The Morgan fingerprint density at radius 1 is 0.926 bits per heavy atom. The van der Waals surface area contributed by atoms with E-state index in [9.17, 15) is 0 Å². The second kappa shape index (κ2) is 12.6. The molecule has 0 radical (unpaired) electrons. The Morgan fingerprint density at radius 3 is 2.22 bits per heavy atom. The van der Waals surface area contributed by atoms with E-state index < -0.39 is 0 Å². The number of aromatic nitrogens is 3. The minimum atomic E-state index is 0.494. The third-order valence-corrected chi connectivity index (χ3v) is 3.89. The average molecular weight is 377 g/mol. The Balaban J connectivity index is 1.46. The summed E-state index contributed by atoms with van der Waals surface area (Å²) in [5, 5.41) is 11.7. The van der Waals surface area contributed by atoms with Gasteiger partial charge in [0.1, 0.15) is 5.69 Å². The zero-order valence-corrected chi connectivity index (χ0v) is 16.7. The molecule has 0 atom stereocenters. The maximum absolute atomic E-state index is 5.58.